The van der Waals surface area contributed by atoms with Crippen molar-refractivity contribution in [2.45, 2.75) is 52.1 Å². The molecule has 0 saturated heterocycles. The van der Waals surface area contributed by atoms with E-state index < -0.39 is 0 Å². The first-order chi connectivity index (χ1) is 8.02. The van der Waals surface area contributed by atoms with Crippen molar-refractivity contribution in [3.63, 3.8) is 0 Å². The van der Waals surface area contributed by atoms with Crippen molar-refractivity contribution in [3.05, 3.63) is 22.4 Å². The van der Waals surface area contributed by atoms with Gasteiger partial charge < -0.3 is 5.73 Å². The number of hydrogen-bond donors (Lipinski definition) is 1. The lowest BCUT2D eigenvalue weighted by Gasteiger charge is -2.42. The van der Waals surface area contributed by atoms with Gasteiger partial charge in [0.05, 0.1) is 0 Å². The zero-order valence-corrected chi connectivity index (χ0v) is 12.4. The van der Waals surface area contributed by atoms with Crippen LogP contribution in [0.5, 0.6) is 0 Å². The molecule has 0 aliphatic heterocycles. The lowest BCUT2D eigenvalue weighted by molar-refractivity contribution is 0.103. The Balaban J connectivity index is 2.52. The summed E-state index contributed by atoms with van der Waals surface area (Å²) in [6.45, 7) is 11.1. The van der Waals surface area contributed by atoms with E-state index in [-0.39, 0.29) is 11.6 Å². The molecule has 17 heavy (non-hydrogen) atoms. The van der Waals surface area contributed by atoms with Crippen LogP contribution < -0.4 is 5.73 Å². The summed E-state index contributed by atoms with van der Waals surface area (Å²) in [7, 11) is 0. The molecule has 1 rings (SSSR count). The van der Waals surface area contributed by atoms with Crippen molar-refractivity contribution < 1.29 is 0 Å². The van der Waals surface area contributed by atoms with Crippen LogP contribution in [0, 0.1) is 0 Å². The molecule has 98 valence electrons. The number of thiophene rings is 1. The highest BCUT2D eigenvalue weighted by Crippen LogP contribution is 2.22. The summed E-state index contributed by atoms with van der Waals surface area (Å²) >= 11 is 1.83. The average molecular weight is 254 g/mol. The first kappa shape index (κ1) is 14.7. The van der Waals surface area contributed by atoms with Gasteiger partial charge in [0.25, 0.3) is 0 Å². The molecule has 0 aliphatic rings. The molecular formula is C14H26N2S. The van der Waals surface area contributed by atoms with E-state index in [4.69, 9.17) is 5.73 Å². The van der Waals surface area contributed by atoms with Crippen LogP contribution in [-0.4, -0.2) is 29.6 Å². The molecule has 1 aromatic heterocycles. The molecule has 2 N–H and O–H groups in total. The Morgan fingerprint density at radius 3 is 2.47 bits per heavy atom. The lowest BCUT2D eigenvalue weighted by Crippen LogP contribution is -2.56. The lowest BCUT2D eigenvalue weighted by atomic mass is 9.89. The van der Waals surface area contributed by atoms with E-state index in [2.05, 4.69) is 50.1 Å². The third-order valence-corrected chi connectivity index (χ3v) is 4.70. The Morgan fingerprint density at radius 1 is 1.35 bits per heavy atom. The second-order valence-electron chi connectivity index (χ2n) is 5.05. The Kier molecular flexibility index (Phi) is 5.63. The van der Waals surface area contributed by atoms with E-state index in [1.54, 1.807) is 0 Å². The summed E-state index contributed by atoms with van der Waals surface area (Å²) in [4.78, 5) is 3.89. The second kappa shape index (κ2) is 6.53. The van der Waals surface area contributed by atoms with Crippen molar-refractivity contribution in [1.29, 1.82) is 0 Å². The Bertz CT molecular complexity index is 302. The molecule has 1 aromatic rings. The zero-order valence-electron chi connectivity index (χ0n) is 11.6. The number of aryl methyl sites for hydroxylation is 1. The van der Waals surface area contributed by atoms with Gasteiger partial charge in [-0.1, -0.05) is 19.9 Å². The van der Waals surface area contributed by atoms with Gasteiger partial charge in [-0.3, -0.25) is 4.90 Å². The Morgan fingerprint density at radius 2 is 2.00 bits per heavy atom. The highest BCUT2D eigenvalue weighted by molar-refractivity contribution is 7.09. The minimum Gasteiger partial charge on any atom is -0.326 e. The van der Waals surface area contributed by atoms with E-state index in [1.165, 1.54) is 4.88 Å². The molecule has 2 nitrogen and oxygen atoms in total. The third kappa shape index (κ3) is 3.80. The molecular weight excluding hydrogens is 228 g/mol. The smallest absolute Gasteiger partial charge is 0.0304 e. The number of hydrogen-bond acceptors (Lipinski definition) is 3. The quantitative estimate of drug-likeness (QED) is 0.810. The van der Waals surface area contributed by atoms with E-state index in [9.17, 15) is 0 Å². The van der Waals surface area contributed by atoms with Crippen LogP contribution in [0.15, 0.2) is 17.5 Å². The maximum atomic E-state index is 6.38. The van der Waals surface area contributed by atoms with Gasteiger partial charge in [0.2, 0.25) is 0 Å². The molecule has 0 saturated carbocycles. The van der Waals surface area contributed by atoms with Gasteiger partial charge in [0.15, 0.2) is 0 Å². The van der Waals surface area contributed by atoms with Crippen molar-refractivity contribution >= 4 is 11.3 Å². The first-order valence-electron chi connectivity index (χ1n) is 6.55. The van der Waals surface area contributed by atoms with Crippen LogP contribution in [0.3, 0.4) is 0 Å². The predicted molar refractivity (Wildman–Crippen MR) is 77.6 cm³/mol. The minimum atomic E-state index is 0.0841. The fourth-order valence-electron chi connectivity index (χ4n) is 2.38. The van der Waals surface area contributed by atoms with Gasteiger partial charge in [-0.05, 0) is 51.2 Å². The topological polar surface area (TPSA) is 29.3 Å². The van der Waals surface area contributed by atoms with Gasteiger partial charge >= 0.3 is 0 Å². The van der Waals surface area contributed by atoms with Gasteiger partial charge in [-0.15, -0.1) is 11.3 Å². The number of nitrogens with zero attached hydrogens (tertiary/aromatic N) is 1. The molecule has 1 atom stereocenters. The molecule has 0 amide bonds. The molecule has 0 fully saturated rings. The van der Waals surface area contributed by atoms with Crippen molar-refractivity contribution in [2.75, 3.05) is 13.1 Å². The SMILES string of the molecule is CCN(CC)C(C)(C)C(N)CCc1cccs1. The Hall–Kier alpha value is -0.380. The fraction of sp³-hybridized carbons (Fsp3) is 0.714. The van der Waals surface area contributed by atoms with Crippen LogP contribution in [-0.2, 0) is 6.42 Å². The van der Waals surface area contributed by atoms with Crippen molar-refractivity contribution in [1.82, 2.24) is 4.90 Å². The molecule has 0 aliphatic carbocycles. The fourth-order valence-corrected chi connectivity index (χ4v) is 3.10. The maximum absolute atomic E-state index is 6.38. The highest BCUT2D eigenvalue weighted by Gasteiger charge is 2.30. The second-order valence-corrected chi connectivity index (χ2v) is 6.08. The molecule has 1 unspecified atom stereocenters. The van der Waals surface area contributed by atoms with Crippen LogP contribution >= 0.6 is 11.3 Å². The van der Waals surface area contributed by atoms with Crippen LogP contribution in [0.4, 0.5) is 0 Å². The summed E-state index contributed by atoms with van der Waals surface area (Å²) in [5.41, 5.74) is 6.47. The van der Waals surface area contributed by atoms with Gasteiger partial charge in [0, 0.05) is 16.5 Å². The van der Waals surface area contributed by atoms with Crippen LogP contribution in [0.25, 0.3) is 0 Å². The standard InChI is InChI=1S/C14H26N2S/c1-5-16(6-2)14(3,4)13(15)10-9-12-8-7-11-17-12/h7-8,11,13H,5-6,9-10,15H2,1-4H3. The van der Waals surface area contributed by atoms with Gasteiger partial charge in [-0.2, -0.15) is 0 Å². The largest absolute Gasteiger partial charge is 0.326 e. The van der Waals surface area contributed by atoms with Crippen molar-refractivity contribution in [3.8, 4) is 0 Å². The molecule has 0 spiro atoms. The van der Waals surface area contributed by atoms with Crippen LogP contribution in [0.1, 0.15) is 39.0 Å². The van der Waals surface area contributed by atoms with Gasteiger partial charge in [0.1, 0.15) is 0 Å². The molecule has 0 radical (unpaired) electrons. The zero-order chi connectivity index (χ0) is 12.9. The summed E-state index contributed by atoms with van der Waals surface area (Å²) in [6, 6.07) is 4.53. The number of rotatable bonds is 7. The normalized spacial score (nSPS) is 14.2. The highest BCUT2D eigenvalue weighted by atomic mass is 32.1. The molecule has 1 heterocycles. The van der Waals surface area contributed by atoms with E-state index >= 15 is 0 Å². The number of nitrogens with two attached hydrogens (primary N) is 1. The third-order valence-electron chi connectivity index (χ3n) is 3.77. The summed E-state index contributed by atoms with van der Waals surface area (Å²) in [6.07, 6.45) is 2.16. The van der Waals surface area contributed by atoms with E-state index in [1.807, 2.05) is 11.3 Å². The van der Waals surface area contributed by atoms with E-state index in [0.717, 1.165) is 25.9 Å². The Labute approximate surface area is 110 Å². The van der Waals surface area contributed by atoms with Gasteiger partial charge in [-0.25, -0.2) is 0 Å². The van der Waals surface area contributed by atoms with Crippen molar-refractivity contribution in [2.24, 2.45) is 5.73 Å². The monoisotopic (exact) mass is 254 g/mol. The molecule has 3 heteroatoms. The summed E-state index contributed by atoms with van der Waals surface area (Å²) in [5.74, 6) is 0. The molecule has 0 bridgehead atoms. The number of likely N-dealkylation sites (N-methyl/N-ethyl adjacent to an activating group) is 1. The summed E-state index contributed by atoms with van der Waals surface area (Å²) in [5, 5.41) is 2.14. The minimum absolute atomic E-state index is 0.0841. The first-order valence-corrected chi connectivity index (χ1v) is 7.43. The average Bonchev–Trinajstić information content (AvgIpc) is 2.79. The maximum Gasteiger partial charge on any atom is 0.0304 e. The molecule has 0 aromatic carbocycles. The van der Waals surface area contributed by atoms with E-state index in [0.29, 0.717) is 0 Å². The summed E-state index contributed by atoms with van der Waals surface area (Å²) < 4.78 is 0. The predicted octanol–water partition coefficient (Wildman–Crippen LogP) is 3.13. The van der Waals surface area contributed by atoms with Crippen LogP contribution in [0.2, 0.25) is 0 Å².